The summed E-state index contributed by atoms with van der Waals surface area (Å²) >= 11 is 0. The summed E-state index contributed by atoms with van der Waals surface area (Å²) in [5.74, 6) is -0.637. The number of hydroxylamine groups is 1. The fraction of sp³-hybridized carbons (Fsp3) is 0.500. The molecule has 0 rings (SSSR count). The third-order valence-electron chi connectivity index (χ3n) is 0.488. The molecule has 0 unspecified atom stereocenters. The number of nitrogens with zero attached hydrogens (tertiary/aromatic N) is 1. The molecule has 0 saturated carbocycles. The zero-order valence-corrected chi connectivity index (χ0v) is 4.75. The van der Waals surface area contributed by atoms with Gasteiger partial charge in [-0.05, 0) is 0 Å². The summed E-state index contributed by atoms with van der Waals surface area (Å²) in [4.78, 5) is 10.1. The Bertz CT molecular complexity index is 114. The molecule has 0 saturated heterocycles. The first-order valence-corrected chi connectivity index (χ1v) is 1.99. The number of esters is 1. The molecule has 0 aliphatic heterocycles. The molecule has 46 valence electrons. The molecule has 0 aromatic rings. The first-order valence-electron chi connectivity index (χ1n) is 1.99. The smallest absolute Gasteiger partial charge is 0.396 e. The molecular formula is C4H7NO3. The summed E-state index contributed by atoms with van der Waals surface area (Å²) in [5.41, 5.74) is 0. The monoisotopic (exact) mass is 117 g/mol. The van der Waals surface area contributed by atoms with Crippen LogP contribution in [0.2, 0.25) is 0 Å². The lowest BCUT2D eigenvalue weighted by molar-refractivity contribution is -0.417. The highest BCUT2D eigenvalue weighted by molar-refractivity contribution is 6.20. The Labute approximate surface area is 47.0 Å². The van der Waals surface area contributed by atoms with Gasteiger partial charge in [0.05, 0.1) is 7.11 Å². The maximum Gasteiger partial charge on any atom is 0.396 e. The lowest BCUT2D eigenvalue weighted by atomic mass is 10.7. The van der Waals surface area contributed by atoms with Gasteiger partial charge in [0.2, 0.25) is 0 Å². The lowest BCUT2D eigenvalue weighted by Crippen LogP contribution is -2.09. The molecule has 0 aliphatic rings. The third-order valence-corrected chi connectivity index (χ3v) is 0.488. The number of carbonyl (C=O) groups excluding carboxylic acids is 1. The number of carbonyl (C=O) groups is 1. The Morgan fingerprint density at radius 1 is 1.88 bits per heavy atom. The van der Waals surface area contributed by atoms with Crippen LogP contribution in [0, 0.1) is 5.21 Å². The van der Waals surface area contributed by atoms with E-state index in [1.165, 1.54) is 14.2 Å². The molecule has 0 atom stereocenters. The average molecular weight is 117 g/mol. The highest BCUT2D eigenvalue weighted by Gasteiger charge is 1.95. The van der Waals surface area contributed by atoms with Gasteiger partial charge in [-0.2, -0.15) is 0 Å². The maximum absolute atomic E-state index is 10.1. The van der Waals surface area contributed by atoms with E-state index in [2.05, 4.69) is 4.74 Å². The van der Waals surface area contributed by atoms with Gasteiger partial charge in [-0.15, -0.1) is 0 Å². The van der Waals surface area contributed by atoms with Crippen LogP contribution in [0.25, 0.3) is 0 Å². The van der Waals surface area contributed by atoms with Crippen molar-refractivity contribution in [2.45, 2.75) is 0 Å². The van der Waals surface area contributed by atoms with Crippen LogP contribution in [0.15, 0.2) is 0 Å². The van der Waals surface area contributed by atoms with Crippen molar-refractivity contribution in [3.8, 4) is 0 Å². The van der Waals surface area contributed by atoms with E-state index in [1.807, 2.05) is 0 Å². The van der Waals surface area contributed by atoms with Gasteiger partial charge >= 0.3 is 5.97 Å². The molecule has 0 N–H and O–H groups in total. The predicted octanol–water partition coefficient (Wildman–Crippen LogP) is -0.630. The minimum Gasteiger partial charge on any atom is -0.624 e. The molecule has 0 spiro atoms. The normalized spacial score (nSPS) is 11.0. The molecule has 4 heteroatoms. The molecule has 0 aliphatic carbocycles. The molecule has 0 fully saturated rings. The van der Waals surface area contributed by atoms with E-state index >= 15 is 0 Å². The summed E-state index contributed by atoms with van der Waals surface area (Å²) in [6.07, 6.45) is 0.806. The van der Waals surface area contributed by atoms with Crippen molar-refractivity contribution >= 4 is 12.2 Å². The van der Waals surface area contributed by atoms with Crippen molar-refractivity contribution in [2.24, 2.45) is 0 Å². The molecule has 0 radical (unpaired) electrons. The molecule has 4 nitrogen and oxygen atoms in total. The van der Waals surface area contributed by atoms with Gasteiger partial charge in [-0.25, -0.2) is 9.53 Å². The molecular weight excluding hydrogens is 110 g/mol. The quantitative estimate of drug-likeness (QED) is 0.151. The molecule has 0 bridgehead atoms. The number of ether oxygens (including phenoxy) is 1. The van der Waals surface area contributed by atoms with E-state index in [-0.39, 0.29) is 0 Å². The second kappa shape index (κ2) is 3.01. The second-order valence-corrected chi connectivity index (χ2v) is 1.20. The number of hydrogen-bond acceptors (Lipinski definition) is 3. The minimum atomic E-state index is -0.637. The molecule has 0 amide bonds. The standard InChI is InChI=1S/C4H7NO3/c1-5(7)3-4(6)8-2/h3H,1-2H3. The van der Waals surface area contributed by atoms with E-state index in [4.69, 9.17) is 0 Å². The molecule has 0 aromatic heterocycles. The molecule has 0 aromatic carbocycles. The molecule has 8 heavy (non-hydrogen) atoms. The van der Waals surface area contributed by atoms with Crippen molar-refractivity contribution in [1.82, 2.24) is 0 Å². The van der Waals surface area contributed by atoms with Gasteiger partial charge in [0.25, 0.3) is 6.21 Å². The Morgan fingerprint density at radius 2 is 2.38 bits per heavy atom. The Kier molecular flexibility index (Phi) is 2.61. The van der Waals surface area contributed by atoms with Crippen LogP contribution in [0.5, 0.6) is 0 Å². The van der Waals surface area contributed by atoms with E-state index in [0.29, 0.717) is 4.74 Å². The number of methoxy groups -OCH3 is 1. The summed E-state index contributed by atoms with van der Waals surface area (Å²) in [5, 5.41) is 9.97. The largest absolute Gasteiger partial charge is 0.624 e. The summed E-state index contributed by atoms with van der Waals surface area (Å²) in [6.45, 7) is 0. The van der Waals surface area contributed by atoms with Crippen LogP contribution in [0.1, 0.15) is 0 Å². The van der Waals surface area contributed by atoms with Crippen LogP contribution in [0.3, 0.4) is 0 Å². The number of rotatable bonds is 1. The van der Waals surface area contributed by atoms with Crippen LogP contribution in [0.4, 0.5) is 0 Å². The van der Waals surface area contributed by atoms with E-state index in [9.17, 15) is 10.0 Å². The van der Waals surface area contributed by atoms with Crippen molar-refractivity contribution in [1.29, 1.82) is 0 Å². The van der Waals surface area contributed by atoms with Crippen molar-refractivity contribution in [3.05, 3.63) is 5.21 Å². The fourth-order valence-electron chi connectivity index (χ4n) is 0.201. The zero-order valence-electron chi connectivity index (χ0n) is 4.75. The lowest BCUT2D eigenvalue weighted by Gasteiger charge is -1.91. The summed E-state index contributed by atoms with van der Waals surface area (Å²) in [7, 11) is 2.42. The van der Waals surface area contributed by atoms with Gasteiger partial charge in [0.15, 0.2) is 0 Å². The van der Waals surface area contributed by atoms with Crippen molar-refractivity contribution in [2.75, 3.05) is 14.2 Å². The second-order valence-electron chi connectivity index (χ2n) is 1.20. The van der Waals surface area contributed by atoms with Crippen LogP contribution >= 0.6 is 0 Å². The highest BCUT2D eigenvalue weighted by Crippen LogP contribution is 1.64. The van der Waals surface area contributed by atoms with Crippen LogP contribution in [-0.2, 0) is 9.53 Å². The van der Waals surface area contributed by atoms with E-state index < -0.39 is 5.97 Å². The Morgan fingerprint density at radius 3 is 2.50 bits per heavy atom. The Hall–Kier alpha value is -1.06. The SMILES string of the molecule is COC(=O)C=[N+](C)[O-]. The van der Waals surface area contributed by atoms with E-state index in [0.717, 1.165) is 6.21 Å². The fourth-order valence-corrected chi connectivity index (χ4v) is 0.201. The van der Waals surface area contributed by atoms with Gasteiger partial charge in [0, 0.05) is 0 Å². The first-order chi connectivity index (χ1) is 3.66. The summed E-state index contributed by atoms with van der Waals surface area (Å²) in [6, 6.07) is 0. The number of hydrogen-bond donors (Lipinski definition) is 0. The topological polar surface area (TPSA) is 52.4 Å². The first kappa shape index (κ1) is 6.94. The van der Waals surface area contributed by atoms with Gasteiger partial charge in [0.1, 0.15) is 7.05 Å². The highest BCUT2D eigenvalue weighted by atomic mass is 16.5. The zero-order chi connectivity index (χ0) is 6.57. The third kappa shape index (κ3) is 3.14. The van der Waals surface area contributed by atoms with Gasteiger partial charge in [-0.1, -0.05) is 0 Å². The minimum absolute atomic E-state index is 0.381. The van der Waals surface area contributed by atoms with E-state index in [1.54, 1.807) is 0 Å². The van der Waals surface area contributed by atoms with Crippen LogP contribution < -0.4 is 0 Å². The average Bonchev–Trinajstić information content (AvgIpc) is 1.65. The predicted molar refractivity (Wildman–Crippen MR) is 27.6 cm³/mol. The maximum atomic E-state index is 10.1. The van der Waals surface area contributed by atoms with Gasteiger partial charge in [-0.3, -0.25) is 0 Å². The van der Waals surface area contributed by atoms with Gasteiger partial charge < -0.3 is 9.94 Å². The Balaban J connectivity index is 3.70. The van der Waals surface area contributed by atoms with Crippen LogP contribution in [-0.4, -0.2) is 31.1 Å². The summed E-state index contributed by atoms with van der Waals surface area (Å²) < 4.78 is 4.51. The van der Waals surface area contributed by atoms with Crippen molar-refractivity contribution in [3.63, 3.8) is 0 Å². The van der Waals surface area contributed by atoms with Crippen molar-refractivity contribution < 1.29 is 14.3 Å². The molecule has 0 heterocycles.